The van der Waals surface area contributed by atoms with Gasteiger partial charge in [0.2, 0.25) is 5.82 Å². The molecule has 0 fully saturated rings. The Morgan fingerprint density at radius 2 is 1.93 bits per heavy atom. The number of aromatic nitrogens is 4. The van der Waals surface area contributed by atoms with E-state index in [-0.39, 0.29) is 11.6 Å². The van der Waals surface area contributed by atoms with Crippen LogP contribution in [0.25, 0.3) is 11.4 Å². The van der Waals surface area contributed by atoms with E-state index in [9.17, 15) is 4.39 Å². The molecule has 76 valence electrons. The zero-order chi connectivity index (χ0) is 10.7. The Labute approximate surface area is 84.9 Å². The van der Waals surface area contributed by atoms with Crippen molar-refractivity contribution in [3.8, 4) is 17.1 Å². The van der Waals surface area contributed by atoms with E-state index in [1.807, 2.05) is 0 Å². The predicted octanol–water partition coefficient (Wildman–Crippen LogP) is 1.08. The molecule has 0 aliphatic heterocycles. The monoisotopic (exact) mass is 206 g/mol. The largest absolute Gasteiger partial charge is 0.494 e. The third-order valence-electron chi connectivity index (χ3n) is 1.82. The van der Waals surface area contributed by atoms with Crippen LogP contribution in [0.15, 0.2) is 24.5 Å². The predicted molar refractivity (Wildman–Crippen MR) is 49.6 cm³/mol. The lowest BCUT2D eigenvalue weighted by Crippen LogP contribution is -1.95. The molecule has 0 unspecified atom stereocenters. The second-order valence-electron chi connectivity index (χ2n) is 2.72. The van der Waals surface area contributed by atoms with Crippen LogP contribution in [0.3, 0.4) is 0 Å². The molecule has 0 atom stereocenters. The van der Waals surface area contributed by atoms with Gasteiger partial charge in [-0.15, -0.1) is 20.4 Å². The van der Waals surface area contributed by atoms with Crippen LogP contribution in [0, 0.1) is 5.82 Å². The van der Waals surface area contributed by atoms with Crippen molar-refractivity contribution < 1.29 is 9.13 Å². The Kier molecular flexibility index (Phi) is 2.49. The van der Waals surface area contributed by atoms with Gasteiger partial charge in [-0.1, -0.05) is 0 Å². The number of halogens is 1. The molecule has 1 heterocycles. The van der Waals surface area contributed by atoms with Gasteiger partial charge in [0, 0.05) is 5.56 Å². The van der Waals surface area contributed by atoms with Gasteiger partial charge in [0.1, 0.15) is 0 Å². The SMILES string of the molecule is COc1ccc(-c2nncnn2)cc1F. The molecule has 2 aromatic rings. The summed E-state index contributed by atoms with van der Waals surface area (Å²) < 4.78 is 18.1. The standard InChI is InChI=1S/C9H7FN4O/c1-15-8-3-2-6(4-7(8)10)9-13-11-5-12-14-9/h2-5H,1H3. The summed E-state index contributed by atoms with van der Waals surface area (Å²) in [6, 6.07) is 4.42. The highest BCUT2D eigenvalue weighted by molar-refractivity contribution is 5.55. The molecule has 6 heteroatoms. The number of methoxy groups -OCH3 is 1. The van der Waals surface area contributed by atoms with Crippen molar-refractivity contribution in [2.75, 3.05) is 7.11 Å². The van der Waals surface area contributed by atoms with Crippen LogP contribution in [-0.4, -0.2) is 27.5 Å². The van der Waals surface area contributed by atoms with Gasteiger partial charge in [-0.05, 0) is 18.2 Å². The molecule has 0 aliphatic carbocycles. The average Bonchev–Trinajstić information content (AvgIpc) is 2.30. The summed E-state index contributed by atoms with van der Waals surface area (Å²) in [6.07, 6.45) is 1.21. The second kappa shape index (κ2) is 3.95. The molecule has 0 saturated heterocycles. The molecule has 0 aliphatic rings. The maximum absolute atomic E-state index is 13.3. The highest BCUT2D eigenvalue weighted by atomic mass is 19.1. The molecular weight excluding hydrogens is 199 g/mol. The van der Waals surface area contributed by atoms with Crippen LogP contribution >= 0.6 is 0 Å². The lowest BCUT2D eigenvalue weighted by atomic mass is 10.2. The molecular formula is C9H7FN4O. The summed E-state index contributed by atoms with van der Waals surface area (Å²) in [5.41, 5.74) is 0.508. The van der Waals surface area contributed by atoms with Crippen molar-refractivity contribution >= 4 is 0 Å². The number of nitrogens with zero attached hydrogens (tertiary/aromatic N) is 4. The van der Waals surface area contributed by atoms with E-state index in [1.165, 1.54) is 25.6 Å². The number of benzene rings is 1. The molecule has 0 bridgehead atoms. The number of ether oxygens (including phenoxy) is 1. The zero-order valence-corrected chi connectivity index (χ0v) is 7.88. The Bertz CT molecular complexity index is 463. The molecule has 0 spiro atoms. The fourth-order valence-electron chi connectivity index (χ4n) is 1.13. The van der Waals surface area contributed by atoms with E-state index >= 15 is 0 Å². The molecule has 0 N–H and O–H groups in total. The lowest BCUT2D eigenvalue weighted by Gasteiger charge is -2.02. The maximum Gasteiger partial charge on any atom is 0.203 e. The van der Waals surface area contributed by atoms with Crippen molar-refractivity contribution in [3.05, 3.63) is 30.3 Å². The fraction of sp³-hybridized carbons (Fsp3) is 0.111. The van der Waals surface area contributed by atoms with Crippen LogP contribution < -0.4 is 4.74 Å². The van der Waals surface area contributed by atoms with Gasteiger partial charge in [0.05, 0.1) is 7.11 Å². The lowest BCUT2D eigenvalue weighted by molar-refractivity contribution is 0.386. The van der Waals surface area contributed by atoms with Crippen molar-refractivity contribution in [2.24, 2.45) is 0 Å². The quantitative estimate of drug-likeness (QED) is 0.735. The topological polar surface area (TPSA) is 60.8 Å². The third-order valence-corrected chi connectivity index (χ3v) is 1.82. The first kappa shape index (κ1) is 9.45. The summed E-state index contributed by atoms with van der Waals surface area (Å²) in [5.74, 6) is -0.0166. The first-order chi connectivity index (χ1) is 7.31. The van der Waals surface area contributed by atoms with Crippen LogP contribution in [0.1, 0.15) is 0 Å². The highest BCUT2D eigenvalue weighted by Gasteiger charge is 2.07. The van der Waals surface area contributed by atoms with Gasteiger partial charge in [0.15, 0.2) is 17.9 Å². The van der Waals surface area contributed by atoms with Crippen LogP contribution in [0.2, 0.25) is 0 Å². The average molecular weight is 206 g/mol. The Balaban J connectivity index is 2.43. The normalized spacial score (nSPS) is 10.0. The Hall–Kier alpha value is -2.11. The van der Waals surface area contributed by atoms with E-state index < -0.39 is 5.82 Å². The minimum atomic E-state index is -0.470. The van der Waals surface area contributed by atoms with E-state index in [1.54, 1.807) is 6.07 Å². The van der Waals surface area contributed by atoms with Crippen LogP contribution in [-0.2, 0) is 0 Å². The molecule has 2 rings (SSSR count). The van der Waals surface area contributed by atoms with Gasteiger partial charge in [0.25, 0.3) is 0 Å². The number of hydrogen-bond donors (Lipinski definition) is 0. The summed E-state index contributed by atoms with van der Waals surface area (Å²) in [6.45, 7) is 0. The summed E-state index contributed by atoms with van der Waals surface area (Å²) >= 11 is 0. The molecule has 15 heavy (non-hydrogen) atoms. The zero-order valence-electron chi connectivity index (χ0n) is 7.88. The third kappa shape index (κ3) is 1.88. The van der Waals surface area contributed by atoms with Crippen LogP contribution in [0.5, 0.6) is 5.75 Å². The number of hydrogen-bond acceptors (Lipinski definition) is 5. The van der Waals surface area contributed by atoms with Crippen molar-refractivity contribution in [3.63, 3.8) is 0 Å². The van der Waals surface area contributed by atoms with E-state index in [0.717, 1.165) is 0 Å². The molecule has 1 aromatic heterocycles. The minimum absolute atomic E-state index is 0.176. The molecule has 0 radical (unpaired) electrons. The van der Waals surface area contributed by atoms with Crippen molar-refractivity contribution in [2.45, 2.75) is 0 Å². The summed E-state index contributed by atoms with van der Waals surface area (Å²) in [4.78, 5) is 0. The van der Waals surface area contributed by atoms with Gasteiger partial charge in [-0.3, -0.25) is 0 Å². The molecule has 0 saturated carbocycles. The minimum Gasteiger partial charge on any atom is -0.494 e. The highest BCUT2D eigenvalue weighted by Crippen LogP contribution is 2.22. The number of rotatable bonds is 2. The summed E-state index contributed by atoms with van der Waals surface area (Å²) in [5, 5.41) is 14.5. The Morgan fingerprint density at radius 1 is 1.20 bits per heavy atom. The first-order valence-corrected chi connectivity index (χ1v) is 4.15. The van der Waals surface area contributed by atoms with E-state index in [4.69, 9.17) is 4.74 Å². The van der Waals surface area contributed by atoms with Gasteiger partial charge in [-0.2, -0.15) is 0 Å². The van der Waals surface area contributed by atoms with Crippen molar-refractivity contribution in [1.82, 2.24) is 20.4 Å². The van der Waals surface area contributed by atoms with Gasteiger partial charge in [-0.25, -0.2) is 4.39 Å². The van der Waals surface area contributed by atoms with Crippen LogP contribution in [0.4, 0.5) is 4.39 Å². The fourth-order valence-corrected chi connectivity index (χ4v) is 1.13. The van der Waals surface area contributed by atoms with Gasteiger partial charge >= 0.3 is 0 Å². The van der Waals surface area contributed by atoms with E-state index in [0.29, 0.717) is 5.56 Å². The molecule has 0 amide bonds. The second-order valence-corrected chi connectivity index (χ2v) is 2.72. The smallest absolute Gasteiger partial charge is 0.203 e. The van der Waals surface area contributed by atoms with Gasteiger partial charge < -0.3 is 4.74 Å². The maximum atomic E-state index is 13.3. The first-order valence-electron chi connectivity index (χ1n) is 4.15. The van der Waals surface area contributed by atoms with Crippen molar-refractivity contribution in [1.29, 1.82) is 0 Å². The van der Waals surface area contributed by atoms with E-state index in [2.05, 4.69) is 20.4 Å². The Morgan fingerprint density at radius 3 is 2.53 bits per heavy atom. The molecule has 1 aromatic carbocycles. The summed E-state index contributed by atoms with van der Waals surface area (Å²) in [7, 11) is 1.40. The molecule has 5 nitrogen and oxygen atoms in total.